The van der Waals surface area contributed by atoms with Crippen LogP contribution in [0, 0.1) is 0 Å². The quantitative estimate of drug-likeness (QED) is 0.169. The van der Waals surface area contributed by atoms with Crippen LogP contribution >= 0.6 is 0 Å². The van der Waals surface area contributed by atoms with E-state index in [1.54, 1.807) is 0 Å². The minimum Gasteiger partial charge on any atom is -0.310 e. The summed E-state index contributed by atoms with van der Waals surface area (Å²) >= 11 is 0. The van der Waals surface area contributed by atoms with E-state index in [4.69, 9.17) is 0 Å². The fourth-order valence-electron chi connectivity index (χ4n) is 11.3. The van der Waals surface area contributed by atoms with Gasteiger partial charge in [0.05, 0.1) is 0 Å². The molecule has 0 N–H and O–H groups in total. The fourth-order valence-corrected chi connectivity index (χ4v) is 11.3. The van der Waals surface area contributed by atoms with Crippen LogP contribution in [0.15, 0.2) is 200 Å². The topological polar surface area (TPSA) is 3.24 Å². The van der Waals surface area contributed by atoms with Crippen molar-refractivity contribution in [3.63, 3.8) is 0 Å². The number of hydrogen-bond acceptors (Lipinski definition) is 1. The Balaban J connectivity index is 1.04. The van der Waals surface area contributed by atoms with Crippen LogP contribution in [0.2, 0.25) is 0 Å². The molecule has 0 saturated heterocycles. The normalized spacial score (nSPS) is 16.4. The van der Waals surface area contributed by atoms with Gasteiger partial charge in [0.25, 0.3) is 0 Å². The van der Waals surface area contributed by atoms with Gasteiger partial charge in [0.1, 0.15) is 0 Å². The summed E-state index contributed by atoms with van der Waals surface area (Å²) in [6.45, 7) is 4.75. The summed E-state index contributed by atoms with van der Waals surface area (Å²) in [6, 6.07) is 75.1. The van der Waals surface area contributed by atoms with Crippen LogP contribution in [-0.2, 0) is 17.3 Å². The molecule has 1 nitrogen and oxygen atoms in total. The SMILES string of the molecule is CC1(C)c2ccccc2-c2cccc(-c3ccc(N(c4cccc(-c5cccc6ccccc56)c4)c4ccc5c(c4)C4(CCc6ccccc64)c4ccccc4-5)cc3)c21. The molecule has 280 valence electrons. The average molecular weight is 754 g/mol. The molecule has 3 aliphatic rings. The van der Waals surface area contributed by atoms with Crippen molar-refractivity contribution >= 4 is 27.8 Å². The van der Waals surface area contributed by atoms with Crippen LogP contribution in [-0.4, -0.2) is 0 Å². The molecular weight excluding hydrogens is 711 g/mol. The maximum atomic E-state index is 2.51. The molecule has 0 aliphatic heterocycles. The Kier molecular flexibility index (Phi) is 7.38. The summed E-state index contributed by atoms with van der Waals surface area (Å²) in [5.74, 6) is 0. The molecule has 0 fully saturated rings. The van der Waals surface area contributed by atoms with Gasteiger partial charge in [-0.25, -0.2) is 0 Å². The van der Waals surface area contributed by atoms with E-state index in [2.05, 4.69) is 219 Å². The minimum absolute atomic E-state index is 0.0912. The molecule has 0 aromatic heterocycles. The number of hydrogen-bond donors (Lipinski definition) is 0. The first kappa shape index (κ1) is 34.1. The zero-order valence-electron chi connectivity index (χ0n) is 33.4. The highest BCUT2D eigenvalue weighted by Gasteiger charge is 2.48. The fraction of sp³-hybridized carbons (Fsp3) is 0.103. The Morgan fingerprint density at radius 1 is 0.390 bits per heavy atom. The summed E-state index contributed by atoms with van der Waals surface area (Å²) in [7, 11) is 0. The molecule has 0 saturated carbocycles. The highest BCUT2D eigenvalue weighted by Crippen LogP contribution is 2.59. The molecular formula is C58H43N. The molecule has 9 aromatic carbocycles. The number of nitrogens with zero attached hydrogens (tertiary/aromatic N) is 1. The monoisotopic (exact) mass is 753 g/mol. The van der Waals surface area contributed by atoms with E-state index >= 15 is 0 Å². The third kappa shape index (κ3) is 4.91. The number of anilines is 3. The molecule has 1 unspecified atom stereocenters. The molecule has 0 amide bonds. The second kappa shape index (κ2) is 12.8. The van der Waals surface area contributed by atoms with Crippen molar-refractivity contribution in [3.05, 3.63) is 234 Å². The van der Waals surface area contributed by atoms with Crippen molar-refractivity contribution < 1.29 is 0 Å². The maximum absolute atomic E-state index is 2.51. The van der Waals surface area contributed by atoms with Crippen molar-refractivity contribution in [1.82, 2.24) is 0 Å². The van der Waals surface area contributed by atoms with Gasteiger partial charge in [0, 0.05) is 27.9 Å². The van der Waals surface area contributed by atoms with Gasteiger partial charge in [0.2, 0.25) is 0 Å². The minimum atomic E-state index is -0.170. The van der Waals surface area contributed by atoms with E-state index in [0.717, 1.165) is 24.2 Å². The second-order valence-corrected chi connectivity index (χ2v) is 17.2. The van der Waals surface area contributed by atoms with Crippen LogP contribution in [0.5, 0.6) is 0 Å². The third-order valence-electron chi connectivity index (χ3n) is 13.9. The first-order valence-corrected chi connectivity index (χ1v) is 21.1. The Bertz CT molecular complexity index is 3140. The molecule has 1 atom stereocenters. The van der Waals surface area contributed by atoms with Gasteiger partial charge in [-0.3, -0.25) is 0 Å². The molecule has 9 aromatic rings. The molecule has 0 bridgehead atoms. The van der Waals surface area contributed by atoms with Crippen LogP contribution in [0.25, 0.3) is 55.3 Å². The Hall–Kier alpha value is -6.96. The van der Waals surface area contributed by atoms with Crippen LogP contribution in [0.3, 0.4) is 0 Å². The molecule has 0 heterocycles. The van der Waals surface area contributed by atoms with E-state index in [1.165, 1.54) is 94.3 Å². The number of fused-ring (bicyclic) bond motifs is 11. The number of benzene rings is 9. The van der Waals surface area contributed by atoms with E-state index in [1.807, 2.05) is 0 Å². The van der Waals surface area contributed by atoms with Crippen molar-refractivity contribution in [2.24, 2.45) is 0 Å². The molecule has 12 rings (SSSR count). The van der Waals surface area contributed by atoms with Crippen LogP contribution in [0.1, 0.15) is 53.6 Å². The van der Waals surface area contributed by atoms with Crippen molar-refractivity contribution in [1.29, 1.82) is 0 Å². The molecule has 1 heteroatoms. The lowest BCUT2D eigenvalue weighted by molar-refractivity contribution is 0.626. The standard InChI is InChI=1S/C58H43N/c1-57(2)53-26-9-6-21-49(53)51-24-13-23-47(56(51)57)39-28-30-42(31-29-39)59(43-18-11-17-41(36-43)46-22-12-16-38-14-3-5-19-45(38)46)44-32-33-50-48-20-7-10-27-54(48)58(55(50)37-44)35-34-40-15-4-8-25-52(40)58/h3-33,36-37H,34-35H2,1-2H3. The molecule has 1 spiro atoms. The lowest BCUT2D eigenvalue weighted by Crippen LogP contribution is -2.24. The van der Waals surface area contributed by atoms with E-state index in [0.29, 0.717) is 0 Å². The second-order valence-electron chi connectivity index (χ2n) is 17.2. The van der Waals surface area contributed by atoms with Crippen molar-refractivity contribution in [2.75, 3.05) is 4.90 Å². The Morgan fingerprint density at radius 3 is 1.85 bits per heavy atom. The van der Waals surface area contributed by atoms with E-state index < -0.39 is 0 Å². The highest BCUT2D eigenvalue weighted by molar-refractivity contribution is 5.98. The largest absolute Gasteiger partial charge is 0.310 e. The summed E-state index contributed by atoms with van der Waals surface area (Å²) in [5, 5.41) is 2.52. The Morgan fingerprint density at radius 2 is 0.983 bits per heavy atom. The van der Waals surface area contributed by atoms with Crippen molar-refractivity contribution in [3.8, 4) is 44.5 Å². The summed E-state index contributed by atoms with van der Waals surface area (Å²) in [6.07, 6.45) is 2.16. The molecule has 3 aliphatic carbocycles. The van der Waals surface area contributed by atoms with Gasteiger partial charge >= 0.3 is 0 Å². The molecule has 0 radical (unpaired) electrons. The summed E-state index contributed by atoms with van der Waals surface area (Å²) < 4.78 is 0. The maximum Gasteiger partial charge on any atom is 0.0470 e. The van der Waals surface area contributed by atoms with E-state index in [-0.39, 0.29) is 10.8 Å². The van der Waals surface area contributed by atoms with Gasteiger partial charge in [-0.2, -0.15) is 0 Å². The van der Waals surface area contributed by atoms with Crippen molar-refractivity contribution in [2.45, 2.75) is 37.5 Å². The number of aryl methyl sites for hydroxylation is 1. The summed E-state index contributed by atoms with van der Waals surface area (Å²) in [5.41, 5.74) is 22.2. The zero-order valence-corrected chi connectivity index (χ0v) is 33.4. The average Bonchev–Trinajstić information content (AvgIpc) is 3.90. The lowest BCUT2D eigenvalue weighted by Gasteiger charge is -2.31. The summed E-state index contributed by atoms with van der Waals surface area (Å²) in [4.78, 5) is 2.48. The van der Waals surface area contributed by atoms with Gasteiger partial charge in [-0.05, 0) is 138 Å². The van der Waals surface area contributed by atoms with Gasteiger partial charge in [-0.15, -0.1) is 0 Å². The third-order valence-corrected chi connectivity index (χ3v) is 13.9. The smallest absolute Gasteiger partial charge is 0.0470 e. The van der Waals surface area contributed by atoms with Gasteiger partial charge < -0.3 is 4.90 Å². The lowest BCUT2D eigenvalue weighted by atomic mass is 9.73. The van der Waals surface area contributed by atoms with Crippen LogP contribution < -0.4 is 4.90 Å². The van der Waals surface area contributed by atoms with E-state index in [9.17, 15) is 0 Å². The first-order valence-electron chi connectivity index (χ1n) is 21.1. The first-order chi connectivity index (χ1) is 29.0. The molecule has 59 heavy (non-hydrogen) atoms. The zero-order chi connectivity index (χ0) is 39.3. The number of rotatable bonds is 5. The van der Waals surface area contributed by atoms with Crippen LogP contribution in [0.4, 0.5) is 17.1 Å². The Labute approximate surface area is 346 Å². The highest BCUT2D eigenvalue weighted by atomic mass is 15.1. The predicted octanol–water partition coefficient (Wildman–Crippen LogP) is 15.2. The van der Waals surface area contributed by atoms with Gasteiger partial charge in [-0.1, -0.05) is 178 Å². The van der Waals surface area contributed by atoms with Gasteiger partial charge in [0.15, 0.2) is 0 Å². The predicted molar refractivity (Wildman–Crippen MR) is 247 cm³/mol.